The molecule has 0 aromatic heterocycles. The number of carbonyl (C=O) groups is 1. The molecule has 0 aliphatic rings. The van der Waals surface area contributed by atoms with Crippen LogP contribution in [0.2, 0.25) is 0 Å². The second-order valence-corrected chi connectivity index (χ2v) is 3.18. The molecule has 0 fully saturated rings. The number of aromatic hydroxyl groups is 1. The van der Waals surface area contributed by atoms with Gasteiger partial charge in [0.15, 0.2) is 11.6 Å². The van der Waals surface area contributed by atoms with E-state index in [-0.39, 0.29) is 11.1 Å². The van der Waals surface area contributed by atoms with E-state index in [1.165, 1.54) is 6.07 Å². The fraction of sp³-hybridized carbons (Fsp3) is 0.300. The molecule has 1 rings (SSSR count). The van der Waals surface area contributed by atoms with Crippen LogP contribution in [-0.4, -0.2) is 29.9 Å². The summed E-state index contributed by atoms with van der Waals surface area (Å²) in [4.78, 5) is 11.2. The number of hydrogen-bond acceptors (Lipinski definition) is 5. The van der Waals surface area contributed by atoms with Crippen LogP contribution in [-0.2, 0) is 4.74 Å². The molecule has 5 nitrogen and oxygen atoms in total. The normalized spacial score (nSPS) is 12.2. The maximum atomic E-state index is 13.2. The van der Waals surface area contributed by atoms with Gasteiger partial charge >= 0.3 is 5.97 Å². The van der Waals surface area contributed by atoms with E-state index in [1.807, 2.05) is 0 Å². The summed E-state index contributed by atoms with van der Waals surface area (Å²) >= 11 is 0. The Hall–Kier alpha value is -1.66. The monoisotopic (exact) mass is 229 g/mol. The molecule has 88 valence electrons. The van der Waals surface area contributed by atoms with Crippen molar-refractivity contribution in [3.63, 3.8) is 0 Å². The van der Waals surface area contributed by atoms with E-state index < -0.39 is 30.2 Å². The zero-order valence-corrected chi connectivity index (χ0v) is 8.61. The minimum Gasteiger partial charge on any atom is -0.504 e. The molecule has 1 aromatic carbocycles. The van der Waals surface area contributed by atoms with Crippen molar-refractivity contribution in [2.75, 3.05) is 13.7 Å². The third kappa shape index (κ3) is 2.29. The molecule has 0 heterocycles. The van der Waals surface area contributed by atoms with Gasteiger partial charge in [0.2, 0.25) is 0 Å². The van der Waals surface area contributed by atoms with Crippen molar-refractivity contribution < 1.29 is 24.1 Å². The lowest BCUT2D eigenvalue weighted by atomic mass is 10.0. The van der Waals surface area contributed by atoms with Crippen LogP contribution in [0.4, 0.5) is 4.39 Å². The summed E-state index contributed by atoms with van der Waals surface area (Å²) < 4.78 is 17.6. The molecule has 4 N–H and O–H groups in total. The second-order valence-electron chi connectivity index (χ2n) is 3.18. The topological polar surface area (TPSA) is 92.8 Å². The van der Waals surface area contributed by atoms with E-state index in [9.17, 15) is 14.3 Å². The highest BCUT2D eigenvalue weighted by atomic mass is 19.1. The van der Waals surface area contributed by atoms with E-state index in [4.69, 9.17) is 10.8 Å². The number of halogens is 1. The Morgan fingerprint density at radius 1 is 1.62 bits per heavy atom. The van der Waals surface area contributed by atoms with E-state index in [0.29, 0.717) is 0 Å². The Labute approximate surface area is 91.3 Å². The van der Waals surface area contributed by atoms with Crippen LogP contribution in [0.25, 0.3) is 0 Å². The highest BCUT2D eigenvalue weighted by molar-refractivity contribution is 5.92. The number of benzene rings is 1. The first-order valence-electron chi connectivity index (χ1n) is 4.48. The van der Waals surface area contributed by atoms with Gasteiger partial charge in [0, 0.05) is 0 Å². The third-order valence-corrected chi connectivity index (χ3v) is 2.12. The molecule has 0 saturated carbocycles. The van der Waals surface area contributed by atoms with Gasteiger partial charge in [0.25, 0.3) is 0 Å². The Balaban J connectivity index is 3.27. The molecule has 1 aromatic rings. The maximum Gasteiger partial charge on any atom is 0.341 e. The number of esters is 1. The van der Waals surface area contributed by atoms with Crippen LogP contribution in [0.1, 0.15) is 22.0 Å². The summed E-state index contributed by atoms with van der Waals surface area (Å²) in [6.07, 6.45) is 0. The first-order valence-corrected chi connectivity index (χ1v) is 4.48. The number of carbonyl (C=O) groups excluding carboxylic acids is 1. The van der Waals surface area contributed by atoms with Crippen LogP contribution in [0, 0.1) is 5.82 Å². The van der Waals surface area contributed by atoms with E-state index >= 15 is 0 Å². The number of nitrogens with two attached hydrogens (primary N) is 1. The summed E-state index contributed by atoms with van der Waals surface area (Å²) in [5.41, 5.74) is 5.36. The van der Waals surface area contributed by atoms with Gasteiger partial charge in [-0.15, -0.1) is 0 Å². The maximum absolute atomic E-state index is 13.2. The lowest BCUT2D eigenvalue weighted by Gasteiger charge is -2.11. The van der Waals surface area contributed by atoms with Crippen molar-refractivity contribution in [3.8, 4) is 5.75 Å². The second kappa shape index (κ2) is 4.91. The number of methoxy groups -OCH3 is 1. The van der Waals surface area contributed by atoms with Crippen molar-refractivity contribution in [3.05, 3.63) is 29.1 Å². The summed E-state index contributed by atoms with van der Waals surface area (Å²) in [7, 11) is 1.11. The van der Waals surface area contributed by atoms with Crippen molar-refractivity contribution in [2.45, 2.75) is 6.04 Å². The van der Waals surface area contributed by atoms with Gasteiger partial charge in [-0.25, -0.2) is 9.18 Å². The van der Waals surface area contributed by atoms with Gasteiger partial charge in [0.05, 0.1) is 19.8 Å². The Morgan fingerprint density at radius 3 is 2.75 bits per heavy atom. The number of phenols is 1. The number of aliphatic hydroxyl groups is 1. The highest BCUT2D eigenvalue weighted by Crippen LogP contribution is 2.26. The van der Waals surface area contributed by atoms with Crippen LogP contribution < -0.4 is 5.73 Å². The van der Waals surface area contributed by atoms with E-state index in [0.717, 1.165) is 13.2 Å². The number of ether oxygens (including phenoxy) is 1. The molecule has 1 atom stereocenters. The lowest BCUT2D eigenvalue weighted by molar-refractivity contribution is 0.0596. The molecule has 6 heteroatoms. The Bertz CT molecular complexity index is 408. The van der Waals surface area contributed by atoms with Gasteiger partial charge in [-0.2, -0.15) is 0 Å². The smallest absolute Gasteiger partial charge is 0.341 e. The van der Waals surface area contributed by atoms with Crippen LogP contribution in [0.15, 0.2) is 12.1 Å². The Morgan fingerprint density at radius 2 is 2.25 bits per heavy atom. The number of rotatable bonds is 3. The molecule has 0 radical (unpaired) electrons. The standard InChI is InChI=1S/C10H12FNO4/c1-16-10(15)6-2-5(8(12)4-13)3-7(11)9(6)14/h2-3,8,13-14H,4,12H2,1H3. The molecular weight excluding hydrogens is 217 g/mol. The minimum atomic E-state index is -0.984. The van der Waals surface area contributed by atoms with E-state index in [1.54, 1.807) is 0 Å². The third-order valence-electron chi connectivity index (χ3n) is 2.12. The first kappa shape index (κ1) is 12.4. The van der Waals surface area contributed by atoms with Crippen molar-refractivity contribution in [2.24, 2.45) is 5.73 Å². The molecule has 0 amide bonds. The summed E-state index contributed by atoms with van der Waals surface area (Å²) in [5, 5.41) is 18.1. The van der Waals surface area contributed by atoms with Crippen LogP contribution in [0.5, 0.6) is 5.75 Å². The zero-order valence-electron chi connectivity index (χ0n) is 8.61. The molecule has 1 unspecified atom stereocenters. The minimum absolute atomic E-state index is 0.207. The molecule has 0 spiro atoms. The summed E-state index contributed by atoms with van der Waals surface area (Å²) in [6, 6.07) is 1.33. The largest absolute Gasteiger partial charge is 0.504 e. The van der Waals surface area contributed by atoms with Crippen molar-refractivity contribution in [1.82, 2.24) is 0 Å². The number of aliphatic hydroxyl groups excluding tert-OH is 1. The van der Waals surface area contributed by atoms with Gasteiger partial charge in [-0.05, 0) is 17.7 Å². The van der Waals surface area contributed by atoms with Crippen LogP contribution >= 0.6 is 0 Å². The molecule has 0 bridgehead atoms. The first-order chi connectivity index (χ1) is 7.51. The average Bonchev–Trinajstić information content (AvgIpc) is 2.30. The Kier molecular flexibility index (Phi) is 3.81. The zero-order chi connectivity index (χ0) is 12.3. The molecule has 0 aliphatic carbocycles. The molecule has 0 aliphatic heterocycles. The van der Waals surface area contributed by atoms with Gasteiger partial charge in [-0.3, -0.25) is 0 Å². The molecular formula is C10H12FNO4. The summed E-state index contributed by atoms with van der Waals surface area (Å²) in [6.45, 7) is -0.398. The predicted octanol–water partition coefficient (Wildman–Crippen LogP) is 0.310. The fourth-order valence-electron chi connectivity index (χ4n) is 1.21. The number of phenolic OH excluding ortho intramolecular Hbond substituents is 1. The molecule has 0 saturated heterocycles. The molecule has 16 heavy (non-hydrogen) atoms. The van der Waals surface area contributed by atoms with E-state index in [2.05, 4.69) is 4.74 Å². The fourth-order valence-corrected chi connectivity index (χ4v) is 1.21. The van der Waals surface area contributed by atoms with Gasteiger partial charge in [-0.1, -0.05) is 0 Å². The van der Waals surface area contributed by atoms with Gasteiger partial charge < -0.3 is 20.7 Å². The summed E-state index contributed by atoms with van der Waals surface area (Å²) in [5.74, 6) is -2.65. The van der Waals surface area contributed by atoms with Crippen molar-refractivity contribution >= 4 is 5.97 Å². The SMILES string of the molecule is COC(=O)c1cc(C(N)CO)cc(F)c1O. The van der Waals surface area contributed by atoms with Gasteiger partial charge in [0.1, 0.15) is 5.56 Å². The van der Waals surface area contributed by atoms with Crippen LogP contribution in [0.3, 0.4) is 0 Å². The predicted molar refractivity (Wildman–Crippen MR) is 53.4 cm³/mol. The number of hydrogen-bond donors (Lipinski definition) is 3. The average molecular weight is 229 g/mol. The quantitative estimate of drug-likeness (QED) is 0.648. The lowest BCUT2D eigenvalue weighted by Crippen LogP contribution is -2.16. The highest BCUT2D eigenvalue weighted by Gasteiger charge is 2.19. The van der Waals surface area contributed by atoms with Crippen molar-refractivity contribution in [1.29, 1.82) is 0 Å².